The molecule has 0 rings (SSSR count). The Morgan fingerprint density at radius 2 is 1.32 bits per heavy atom. The zero-order valence-corrected chi connectivity index (χ0v) is 16.7. The molecule has 0 aliphatic rings. The minimum absolute atomic E-state index is 0.307. The fourth-order valence-electron chi connectivity index (χ4n) is 2.18. The number of amides is 5. The number of rotatable bonds is 14. The van der Waals surface area contributed by atoms with Crippen molar-refractivity contribution in [1.29, 1.82) is 0 Å². The maximum Gasteiger partial charge on any atom is 0.328 e. The van der Waals surface area contributed by atoms with Crippen LogP contribution in [0.3, 0.4) is 0 Å². The molecule has 5 atom stereocenters. The summed E-state index contributed by atoms with van der Waals surface area (Å²) in [7, 11) is 0. The van der Waals surface area contributed by atoms with E-state index in [0.29, 0.717) is 0 Å². The van der Waals surface area contributed by atoms with E-state index in [1.54, 1.807) is 0 Å². The van der Waals surface area contributed by atoms with Crippen molar-refractivity contribution < 1.29 is 44.1 Å². The van der Waals surface area contributed by atoms with Crippen LogP contribution in [0.2, 0.25) is 0 Å². The average Bonchev–Trinajstić information content (AvgIpc) is 2.66. The van der Waals surface area contributed by atoms with Crippen LogP contribution in [0.15, 0.2) is 0 Å². The summed E-state index contributed by atoms with van der Waals surface area (Å²) in [4.78, 5) is 70.2. The monoisotopic (exact) mass is 448 g/mol. The van der Waals surface area contributed by atoms with Crippen LogP contribution in [0.5, 0.6) is 0 Å². The van der Waals surface area contributed by atoms with Crippen molar-refractivity contribution in [3.63, 3.8) is 0 Å². The molecule has 0 spiro atoms. The van der Waals surface area contributed by atoms with Crippen molar-refractivity contribution in [2.24, 2.45) is 17.2 Å². The Morgan fingerprint density at radius 3 is 1.74 bits per heavy atom. The number of aliphatic hydroxyl groups is 2. The highest BCUT2D eigenvalue weighted by Gasteiger charge is 2.31. The molecule has 0 aliphatic heterocycles. The lowest BCUT2D eigenvalue weighted by molar-refractivity contribution is -0.143. The van der Waals surface area contributed by atoms with Gasteiger partial charge >= 0.3 is 5.97 Å². The SMILES string of the molecule is CC(O)C(N)C(=O)NC(CCC(N)=O)C(=O)NC(CC(N)=O)C(=O)NC(CO)C(=O)O. The Kier molecular flexibility index (Phi) is 11.7. The first-order valence-electron chi connectivity index (χ1n) is 9.05. The molecule has 0 saturated heterocycles. The molecule has 5 amide bonds. The van der Waals surface area contributed by atoms with Gasteiger partial charge in [-0.3, -0.25) is 24.0 Å². The quantitative estimate of drug-likeness (QED) is 0.121. The maximum atomic E-state index is 12.6. The molecule has 0 aromatic heterocycles. The molecule has 0 saturated carbocycles. The van der Waals surface area contributed by atoms with Gasteiger partial charge in [0.05, 0.1) is 19.1 Å². The standard InChI is InChI=1S/C16H28N6O9/c1-6(24)12(19)15(29)20-7(2-3-10(17)25)13(27)21-8(4-11(18)26)14(28)22-9(5-23)16(30)31/h6-9,12,23-24H,2-5,19H2,1H3,(H2,17,25)(H2,18,26)(H,20,29)(H,21,27)(H,22,28)(H,30,31). The van der Waals surface area contributed by atoms with Crippen molar-refractivity contribution in [1.82, 2.24) is 16.0 Å². The van der Waals surface area contributed by atoms with E-state index in [9.17, 15) is 33.9 Å². The summed E-state index contributed by atoms with van der Waals surface area (Å²) in [6, 6.07) is -6.22. The molecule has 0 aromatic carbocycles. The topological polar surface area (TPSA) is 277 Å². The first-order valence-corrected chi connectivity index (χ1v) is 9.05. The second-order valence-corrected chi connectivity index (χ2v) is 6.65. The Balaban J connectivity index is 5.51. The number of carbonyl (C=O) groups is 6. The average molecular weight is 448 g/mol. The zero-order chi connectivity index (χ0) is 24.3. The molecular weight excluding hydrogens is 420 g/mol. The van der Waals surface area contributed by atoms with Gasteiger partial charge in [0.15, 0.2) is 0 Å². The third-order valence-corrected chi connectivity index (χ3v) is 3.97. The Bertz CT molecular complexity index is 699. The van der Waals surface area contributed by atoms with E-state index in [1.165, 1.54) is 6.92 Å². The van der Waals surface area contributed by atoms with Crippen LogP contribution in [-0.2, 0) is 28.8 Å². The summed E-state index contributed by atoms with van der Waals surface area (Å²) in [5.74, 6) is -6.52. The van der Waals surface area contributed by atoms with Gasteiger partial charge in [-0.05, 0) is 13.3 Å². The number of hydrogen-bond acceptors (Lipinski definition) is 9. The largest absolute Gasteiger partial charge is 0.480 e. The summed E-state index contributed by atoms with van der Waals surface area (Å²) in [6.07, 6.45) is -2.65. The fraction of sp³-hybridized carbons (Fsp3) is 0.625. The second-order valence-electron chi connectivity index (χ2n) is 6.65. The van der Waals surface area contributed by atoms with Crippen LogP contribution >= 0.6 is 0 Å². The number of carboxylic acid groups (broad SMARTS) is 1. The molecule has 176 valence electrons. The molecule has 0 aromatic rings. The van der Waals surface area contributed by atoms with E-state index in [1.807, 2.05) is 5.32 Å². The molecule has 5 unspecified atom stereocenters. The van der Waals surface area contributed by atoms with E-state index in [0.717, 1.165) is 0 Å². The third kappa shape index (κ3) is 10.3. The highest BCUT2D eigenvalue weighted by Crippen LogP contribution is 2.03. The molecule has 15 heteroatoms. The summed E-state index contributed by atoms with van der Waals surface area (Å²) < 4.78 is 0. The Hall–Kier alpha value is -3.30. The van der Waals surface area contributed by atoms with Gasteiger partial charge in [0.25, 0.3) is 0 Å². The van der Waals surface area contributed by atoms with Crippen LogP contribution in [-0.4, -0.2) is 87.7 Å². The van der Waals surface area contributed by atoms with Gasteiger partial charge in [-0.25, -0.2) is 4.79 Å². The number of primary amides is 2. The maximum absolute atomic E-state index is 12.6. The van der Waals surface area contributed by atoms with Crippen LogP contribution < -0.4 is 33.2 Å². The molecule has 0 aliphatic carbocycles. The zero-order valence-electron chi connectivity index (χ0n) is 16.7. The smallest absolute Gasteiger partial charge is 0.328 e. The first-order chi connectivity index (χ1) is 14.3. The van der Waals surface area contributed by atoms with Crippen molar-refractivity contribution in [3.8, 4) is 0 Å². The van der Waals surface area contributed by atoms with Crippen molar-refractivity contribution in [2.75, 3.05) is 6.61 Å². The number of hydrogen-bond donors (Lipinski definition) is 9. The third-order valence-electron chi connectivity index (χ3n) is 3.97. The minimum atomic E-state index is -1.71. The number of carbonyl (C=O) groups excluding carboxylic acids is 5. The number of nitrogens with two attached hydrogens (primary N) is 3. The van der Waals surface area contributed by atoms with Gasteiger partial charge in [0, 0.05) is 6.42 Å². The Morgan fingerprint density at radius 1 is 0.839 bits per heavy atom. The van der Waals surface area contributed by atoms with E-state index in [2.05, 4.69) is 10.6 Å². The minimum Gasteiger partial charge on any atom is -0.480 e. The lowest BCUT2D eigenvalue weighted by Gasteiger charge is -2.24. The number of aliphatic hydroxyl groups excluding tert-OH is 2. The number of aliphatic carboxylic acids is 1. The lowest BCUT2D eigenvalue weighted by Crippen LogP contribution is -2.59. The van der Waals surface area contributed by atoms with Crippen molar-refractivity contribution >= 4 is 35.5 Å². The molecule has 0 heterocycles. The molecular formula is C16H28N6O9. The highest BCUT2D eigenvalue weighted by molar-refractivity contribution is 5.96. The van der Waals surface area contributed by atoms with Crippen LogP contribution in [0.4, 0.5) is 0 Å². The Labute approximate surface area is 176 Å². The summed E-state index contributed by atoms with van der Waals surface area (Å²) in [5, 5.41) is 33.5. The van der Waals surface area contributed by atoms with Gasteiger partial charge in [-0.15, -0.1) is 0 Å². The van der Waals surface area contributed by atoms with Gasteiger partial charge in [-0.1, -0.05) is 0 Å². The highest BCUT2D eigenvalue weighted by atomic mass is 16.4. The van der Waals surface area contributed by atoms with Gasteiger partial charge < -0.3 is 48.5 Å². The second kappa shape index (κ2) is 13.1. The summed E-state index contributed by atoms with van der Waals surface area (Å²) >= 11 is 0. The normalized spacial score (nSPS) is 15.5. The number of nitrogens with one attached hydrogen (secondary N) is 3. The molecule has 15 nitrogen and oxygen atoms in total. The molecule has 31 heavy (non-hydrogen) atoms. The van der Waals surface area contributed by atoms with Gasteiger partial charge in [-0.2, -0.15) is 0 Å². The van der Waals surface area contributed by atoms with E-state index < -0.39 is 78.8 Å². The van der Waals surface area contributed by atoms with E-state index in [4.69, 9.17) is 27.4 Å². The fourth-order valence-corrected chi connectivity index (χ4v) is 2.18. The molecule has 0 bridgehead atoms. The molecule has 12 N–H and O–H groups in total. The van der Waals surface area contributed by atoms with Crippen LogP contribution in [0.1, 0.15) is 26.2 Å². The predicted molar refractivity (Wildman–Crippen MR) is 102 cm³/mol. The van der Waals surface area contributed by atoms with Gasteiger partial charge in [0.2, 0.25) is 29.5 Å². The summed E-state index contributed by atoms with van der Waals surface area (Å²) in [6.45, 7) is 0.267. The molecule has 0 fully saturated rings. The predicted octanol–water partition coefficient (Wildman–Crippen LogP) is -5.63. The van der Waals surface area contributed by atoms with Gasteiger partial charge in [0.1, 0.15) is 24.2 Å². The number of carboxylic acids is 1. The summed E-state index contributed by atoms with van der Waals surface area (Å²) in [5.41, 5.74) is 15.6. The lowest BCUT2D eigenvalue weighted by atomic mass is 10.1. The van der Waals surface area contributed by atoms with Crippen molar-refractivity contribution in [3.05, 3.63) is 0 Å². The first kappa shape index (κ1) is 27.7. The van der Waals surface area contributed by atoms with E-state index >= 15 is 0 Å². The molecule has 0 radical (unpaired) electrons. The van der Waals surface area contributed by atoms with Crippen LogP contribution in [0, 0.1) is 0 Å². The van der Waals surface area contributed by atoms with Crippen molar-refractivity contribution in [2.45, 2.75) is 56.5 Å². The van der Waals surface area contributed by atoms with Crippen LogP contribution in [0.25, 0.3) is 0 Å². The van der Waals surface area contributed by atoms with E-state index in [-0.39, 0.29) is 12.8 Å².